The Labute approximate surface area is 114 Å². The van der Waals surface area contributed by atoms with Crippen molar-refractivity contribution in [1.82, 2.24) is 20.2 Å². The third-order valence-electron chi connectivity index (χ3n) is 2.14. The number of hydrogen-bond acceptors (Lipinski definition) is 6. The fourth-order valence-electron chi connectivity index (χ4n) is 1.34. The van der Waals surface area contributed by atoms with Crippen molar-refractivity contribution in [1.29, 1.82) is 0 Å². The van der Waals surface area contributed by atoms with Gasteiger partial charge in [0.25, 0.3) is 0 Å². The van der Waals surface area contributed by atoms with Crippen LogP contribution >= 0.6 is 23.5 Å². The highest BCUT2D eigenvalue weighted by Crippen LogP contribution is 2.21. The molecule has 2 rings (SSSR count). The maximum atomic E-state index is 8.85. The quantitative estimate of drug-likeness (QED) is 0.614. The van der Waals surface area contributed by atoms with Gasteiger partial charge >= 0.3 is 0 Å². The van der Waals surface area contributed by atoms with Crippen LogP contribution in [0.3, 0.4) is 0 Å². The summed E-state index contributed by atoms with van der Waals surface area (Å²) in [6.45, 7) is 0.499. The zero-order valence-electron chi connectivity index (χ0n) is 9.77. The SMILES string of the molecule is OCCn1nnnc1SCCSc1ccccc1. The standard InChI is InChI=1S/C11H14N4OS2/c16-7-6-15-11(12-13-14-15)18-9-8-17-10-4-2-1-3-5-10/h1-5,16H,6-9H2. The molecule has 1 aromatic carbocycles. The molecule has 1 aromatic heterocycles. The predicted molar refractivity (Wildman–Crippen MR) is 72.8 cm³/mol. The van der Waals surface area contributed by atoms with Crippen LogP contribution in [-0.4, -0.2) is 43.4 Å². The number of thioether (sulfide) groups is 2. The second kappa shape index (κ2) is 7.40. The summed E-state index contributed by atoms with van der Waals surface area (Å²) >= 11 is 3.42. The third kappa shape index (κ3) is 4.01. The first-order valence-electron chi connectivity index (χ1n) is 5.58. The van der Waals surface area contributed by atoms with Crippen LogP contribution in [0.1, 0.15) is 0 Å². The molecule has 1 N–H and O–H groups in total. The van der Waals surface area contributed by atoms with Gasteiger partial charge in [-0.1, -0.05) is 30.0 Å². The highest BCUT2D eigenvalue weighted by atomic mass is 32.2. The molecule has 0 radical (unpaired) electrons. The average molecular weight is 282 g/mol. The van der Waals surface area contributed by atoms with Gasteiger partial charge in [0.15, 0.2) is 0 Å². The first kappa shape index (κ1) is 13.4. The molecule has 0 unspecified atom stereocenters. The first-order valence-corrected chi connectivity index (χ1v) is 7.55. The fourth-order valence-corrected chi connectivity index (χ4v) is 3.15. The molecule has 1 heterocycles. The molecule has 0 atom stereocenters. The first-order chi connectivity index (χ1) is 8.90. The molecule has 7 heteroatoms. The fraction of sp³-hybridized carbons (Fsp3) is 0.364. The van der Waals surface area contributed by atoms with Gasteiger partial charge in [0.1, 0.15) is 0 Å². The van der Waals surface area contributed by atoms with Crippen LogP contribution in [0.25, 0.3) is 0 Å². The van der Waals surface area contributed by atoms with E-state index >= 15 is 0 Å². The smallest absolute Gasteiger partial charge is 0.209 e. The number of hydrogen-bond donors (Lipinski definition) is 1. The Morgan fingerprint density at radius 1 is 1.11 bits per heavy atom. The Morgan fingerprint density at radius 3 is 2.67 bits per heavy atom. The molecule has 96 valence electrons. The Hall–Kier alpha value is -1.05. The highest BCUT2D eigenvalue weighted by Gasteiger charge is 2.05. The van der Waals surface area contributed by atoms with E-state index in [1.165, 1.54) is 4.90 Å². The number of benzene rings is 1. The Kier molecular flexibility index (Phi) is 5.50. The number of rotatable bonds is 7. The molecule has 0 spiro atoms. The largest absolute Gasteiger partial charge is 0.394 e. The summed E-state index contributed by atoms with van der Waals surface area (Å²) in [7, 11) is 0. The van der Waals surface area contributed by atoms with Gasteiger partial charge < -0.3 is 5.11 Å². The lowest BCUT2D eigenvalue weighted by Crippen LogP contribution is -2.06. The van der Waals surface area contributed by atoms with E-state index in [2.05, 4.69) is 27.7 Å². The highest BCUT2D eigenvalue weighted by molar-refractivity contribution is 8.02. The summed E-state index contributed by atoms with van der Waals surface area (Å²) in [6, 6.07) is 10.3. The lowest BCUT2D eigenvalue weighted by molar-refractivity contribution is 0.262. The van der Waals surface area contributed by atoms with Crippen molar-refractivity contribution in [3.63, 3.8) is 0 Å². The Bertz CT molecular complexity index is 463. The lowest BCUT2D eigenvalue weighted by Gasteiger charge is -2.02. The summed E-state index contributed by atoms with van der Waals surface area (Å²) < 4.78 is 1.62. The van der Waals surface area contributed by atoms with Crippen LogP contribution in [0, 0.1) is 0 Å². The summed E-state index contributed by atoms with van der Waals surface area (Å²) in [5.74, 6) is 1.94. The van der Waals surface area contributed by atoms with Crippen LogP contribution in [0.15, 0.2) is 40.4 Å². The minimum atomic E-state index is 0.0529. The van der Waals surface area contributed by atoms with Crippen LogP contribution in [0.2, 0.25) is 0 Å². The molecule has 5 nitrogen and oxygen atoms in total. The molecule has 0 aliphatic carbocycles. The minimum Gasteiger partial charge on any atom is -0.394 e. The molecule has 0 fully saturated rings. The van der Waals surface area contributed by atoms with Crippen molar-refractivity contribution in [2.45, 2.75) is 16.6 Å². The monoisotopic (exact) mass is 282 g/mol. The summed E-state index contributed by atoms with van der Waals surface area (Å²) in [4.78, 5) is 1.27. The van der Waals surface area contributed by atoms with Crippen LogP contribution in [0.5, 0.6) is 0 Å². The van der Waals surface area contributed by atoms with E-state index in [-0.39, 0.29) is 6.61 Å². The Balaban J connectivity index is 1.73. The van der Waals surface area contributed by atoms with Gasteiger partial charge in [0.05, 0.1) is 13.2 Å². The van der Waals surface area contributed by atoms with Crippen LogP contribution < -0.4 is 0 Å². The summed E-state index contributed by atoms with van der Waals surface area (Å²) in [6.07, 6.45) is 0. The van der Waals surface area contributed by atoms with Crippen molar-refractivity contribution in [2.24, 2.45) is 0 Å². The van der Waals surface area contributed by atoms with E-state index in [0.29, 0.717) is 6.54 Å². The van der Waals surface area contributed by atoms with Crippen molar-refractivity contribution < 1.29 is 5.11 Å². The van der Waals surface area contributed by atoms with E-state index < -0.39 is 0 Å². The molecule has 0 aliphatic rings. The number of aromatic nitrogens is 4. The van der Waals surface area contributed by atoms with E-state index in [0.717, 1.165) is 16.7 Å². The molecular weight excluding hydrogens is 268 g/mol. The number of aliphatic hydroxyl groups excluding tert-OH is 1. The lowest BCUT2D eigenvalue weighted by atomic mass is 10.4. The zero-order chi connectivity index (χ0) is 12.6. The van der Waals surface area contributed by atoms with Crippen molar-refractivity contribution >= 4 is 23.5 Å². The molecular formula is C11H14N4OS2. The van der Waals surface area contributed by atoms with Crippen LogP contribution in [-0.2, 0) is 6.54 Å². The molecule has 0 saturated carbocycles. The van der Waals surface area contributed by atoms with Crippen molar-refractivity contribution in [3.05, 3.63) is 30.3 Å². The average Bonchev–Trinajstić information content (AvgIpc) is 2.84. The van der Waals surface area contributed by atoms with Gasteiger partial charge in [-0.05, 0) is 22.6 Å². The Morgan fingerprint density at radius 2 is 1.89 bits per heavy atom. The second-order valence-electron chi connectivity index (χ2n) is 3.42. The van der Waals surface area contributed by atoms with E-state index in [4.69, 9.17) is 5.11 Å². The zero-order valence-corrected chi connectivity index (χ0v) is 11.4. The number of tetrazole rings is 1. The van der Waals surface area contributed by atoms with E-state index in [1.54, 1.807) is 16.4 Å². The maximum Gasteiger partial charge on any atom is 0.209 e. The predicted octanol–water partition coefficient (Wildman–Crippen LogP) is 1.55. The van der Waals surface area contributed by atoms with Gasteiger partial charge in [-0.15, -0.1) is 16.9 Å². The van der Waals surface area contributed by atoms with Gasteiger partial charge in [0, 0.05) is 16.4 Å². The minimum absolute atomic E-state index is 0.0529. The van der Waals surface area contributed by atoms with E-state index in [1.807, 2.05) is 30.0 Å². The maximum absolute atomic E-state index is 8.85. The normalized spacial score (nSPS) is 10.7. The van der Waals surface area contributed by atoms with Crippen LogP contribution in [0.4, 0.5) is 0 Å². The summed E-state index contributed by atoms with van der Waals surface area (Å²) in [5.41, 5.74) is 0. The number of aliphatic hydroxyl groups is 1. The third-order valence-corrected chi connectivity index (χ3v) is 4.37. The number of nitrogens with zero attached hydrogens (tertiary/aromatic N) is 4. The molecule has 0 aliphatic heterocycles. The van der Waals surface area contributed by atoms with Gasteiger partial charge in [-0.3, -0.25) is 0 Å². The van der Waals surface area contributed by atoms with Crippen molar-refractivity contribution in [2.75, 3.05) is 18.1 Å². The van der Waals surface area contributed by atoms with Gasteiger partial charge in [0.2, 0.25) is 5.16 Å². The van der Waals surface area contributed by atoms with E-state index in [9.17, 15) is 0 Å². The van der Waals surface area contributed by atoms with Gasteiger partial charge in [-0.2, -0.15) is 0 Å². The van der Waals surface area contributed by atoms with Crippen molar-refractivity contribution in [3.8, 4) is 0 Å². The molecule has 0 saturated heterocycles. The molecule has 18 heavy (non-hydrogen) atoms. The van der Waals surface area contributed by atoms with Gasteiger partial charge in [-0.25, -0.2) is 4.68 Å². The topological polar surface area (TPSA) is 63.8 Å². The molecule has 0 amide bonds. The molecule has 2 aromatic rings. The second-order valence-corrected chi connectivity index (χ2v) is 5.65. The molecule has 0 bridgehead atoms. The summed E-state index contributed by atoms with van der Waals surface area (Å²) in [5, 5.41) is 21.0.